The van der Waals surface area contributed by atoms with Crippen molar-refractivity contribution in [3.8, 4) is 67.8 Å². The summed E-state index contributed by atoms with van der Waals surface area (Å²) in [5.74, 6) is 1.75. The first-order chi connectivity index (χ1) is 34.2. The highest BCUT2D eigenvalue weighted by Crippen LogP contribution is 2.43. The molecule has 4 heterocycles. The van der Waals surface area contributed by atoms with Crippen LogP contribution in [-0.4, -0.2) is 24.1 Å². The highest BCUT2D eigenvalue weighted by molar-refractivity contribution is 6.19. The number of nitrogens with zero attached hydrogens (tertiary/aromatic N) is 5. The monoisotopic (exact) mass is 881 g/mol. The van der Waals surface area contributed by atoms with E-state index in [9.17, 15) is 0 Å². The van der Waals surface area contributed by atoms with Gasteiger partial charge in [-0.3, -0.25) is 4.57 Å². The Labute approximate surface area is 396 Å². The fourth-order valence-corrected chi connectivity index (χ4v) is 10.3. The van der Waals surface area contributed by atoms with E-state index in [1.54, 1.807) is 0 Å². The van der Waals surface area contributed by atoms with Gasteiger partial charge >= 0.3 is 0 Å². The van der Waals surface area contributed by atoms with Crippen LogP contribution >= 0.6 is 0 Å². The molecule has 0 spiro atoms. The van der Waals surface area contributed by atoms with Crippen molar-refractivity contribution >= 4 is 65.6 Å². The average molecular weight is 882 g/mol. The maximum atomic E-state index is 6.73. The largest absolute Gasteiger partial charge is 0.455 e. The van der Waals surface area contributed by atoms with Crippen LogP contribution in [0.5, 0.6) is 0 Å². The standard InChI is InChI=1S/C63H39N5O/c1-4-16-40(17-5-1)42-28-32-44(33-29-42)51-36-47(37-54-50-24-12-15-27-59(50)69-60(51)54)67-55-25-13-10-22-48(55)52-38-53-49-23-11-14-26-56(49)68(58(53)39-57(52)67)63-65-61(45-20-8-3-9-21-45)64-62(66-63)46-34-30-43(31-35-46)41-18-6-2-7-19-41/h1-39H. The van der Waals surface area contributed by atoms with Crippen LogP contribution in [0.25, 0.3) is 133 Å². The van der Waals surface area contributed by atoms with Crippen molar-refractivity contribution in [2.24, 2.45) is 0 Å². The van der Waals surface area contributed by atoms with Gasteiger partial charge < -0.3 is 8.98 Å². The van der Waals surface area contributed by atoms with E-state index in [0.29, 0.717) is 17.6 Å². The van der Waals surface area contributed by atoms with E-state index in [1.807, 2.05) is 30.3 Å². The maximum Gasteiger partial charge on any atom is 0.238 e. The molecule has 4 aromatic heterocycles. The molecule has 0 radical (unpaired) electrons. The van der Waals surface area contributed by atoms with Crippen molar-refractivity contribution < 1.29 is 4.42 Å². The van der Waals surface area contributed by atoms with Gasteiger partial charge in [-0.1, -0.05) is 194 Å². The molecule has 0 saturated heterocycles. The molecule has 69 heavy (non-hydrogen) atoms. The third kappa shape index (κ3) is 6.38. The molecule has 0 amide bonds. The zero-order chi connectivity index (χ0) is 45.4. The second-order valence-corrected chi connectivity index (χ2v) is 17.6. The molecule has 14 rings (SSSR count). The predicted molar refractivity (Wildman–Crippen MR) is 283 cm³/mol. The summed E-state index contributed by atoms with van der Waals surface area (Å²) >= 11 is 0. The predicted octanol–water partition coefficient (Wildman–Crippen LogP) is 16.3. The average Bonchev–Trinajstić information content (AvgIpc) is 4.08. The second kappa shape index (κ2) is 15.6. The maximum absolute atomic E-state index is 6.73. The molecule has 0 aliphatic rings. The smallest absolute Gasteiger partial charge is 0.238 e. The Kier molecular flexibility index (Phi) is 8.79. The van der Waals surface area contributed by atoms with Gasteiger partial charge in [0.1, 0.15) is 11.2 Å². The molecule has 0 bridgehead atoms. The van der Waals surface area contributed by atoms with Crippen molar-refractivity contribution in [2.75, 3.05) is 0 Å². The Bertz CT molecular complexity index is 4270. The molecular formula is C63H39N5O. The SMILES string of the molecule is c1ccc(-c2ccc(-c3nc(-c4ccccc4)nc(-n4c5ccccc5c5cc6c7ccccc7n(-c7cc(-c8ccc(-c9ccccc9)cc8)c8oc9ccccc9c8c7)c6cc54)n3)cc2)cc1. The number of hydrogen-bond donors (Lipinski definition) is 0. The van der Waals surface area contributed by atoms with Gasteiger partial charge in [0.15, 0.2) is 11.6 Å². The Morgan fingerprint density at radius 1 is 0.290 bits per heavy atom. The number of rotatable bonds is 7. The van der Waals surface area contributed by atoms with Gasteiger partial charge in [-0.05, 0) is 70.3 Å². The fourth-order valence-electron chi connectivity index (χ4n) is 10.3. The van der Waals surface area contributed by atoms with E-state index in [-0.39, 0.29) is 0 Å². The molecule has 0 saturated carbocycles. The lowest BCUT2D eigenvalue weighted by Crippen LogP contribution is -2.06. The number of furan rings is 1. The third-order valence-electron chi connectivity index (χ3n) is 13.6. The summed E-state index contributed by atoms with van der Waals surface area (Å²) in [4.78, 5) is 15.7. The van der Waals surface area contributed by atoms with Crippen LogP contribution in [-0.2, 0) is 0 Å². The number of aromatic nitrogens is 5. The molecule has 322 valence electrons. The minimum atomic E-state index is 0.548. The van der Waals surface area contributed by atoms with Crippen molar-refractivity contribution in [1.82, 2.24) is 24.1 Å². The Hall–Kier alpha value is -9.39. The van der Waals surface area contributed by atoms with E-state index in [0.717, 1.165) is 99.2 Å². The molecule has 6 heteroatoms. The Morgan fingerprint density at radius 2 is 0.739 bits per heavy atom. The summed E-state index contributed by atoms with van der Waals surface area (Å²) in [5.41, 5.74) is 15.5. The molecule has 10 aromatic carbocycles. The normalized spacial score (nSPS) is 11.8. The van der Waals surface area contributed by atoms with Gasteiger partial charge in [0, 0.05) is 54.7 Å². The van der Waals surface area contributed by atoms with Crippen LogP contribution in [0.15, 0.2) is 241 Å². The zero-order valence-electron chi connectivity index (χ0n) is 37.2. The lowest BCUT2D eigenvalue weighted by Gasteiger charge is -2.13. The van der Waals surface area contributed by atoms with Crippen molar-refractivity contribution in [3.63, 3.8) is 0 Å². The summed E-state index contributed by atoms with van der Waals surface area (Å²) in [5, 5.41) is 6.71. The summed E-state index contributed by atoms with van der Waals surface area (Å²) in [6, 6.07) is 83.4. The first-order valence-corrected chi connectivity index (χ1v) is 23.3. The highest BCUT2D eigenvalue weighted by Gasteiger charge is 2.23. The first-order valence-electron chi connectivity index (χ1n) is 23.3. The molecule has 0 atom stereocenters. The number of benzene rings is 10. The molecule has 6 nitrogen and oxygen atoms in total. The summed E-state index contributed by atoms with van der Waals surface area (Å²) in [6.07, 6.45) is 0. The van der Waals surface area contributed by atoms with E-state index in [1.165, 1.54) is 16.5 Å². The van der Waals surface area contributed by atoms with E-state index >= 15 is 0 Å². The lowest BCUT2D eigenvalue weighted by atomic mass is 9.98. The van der Waals surface area contributed by atoms with Crippen molar-refractivity contribution in [1.29, 1.82) is 0 Å². The van der Waals surface area contributed by atoms with Gasteiger partial charge in [0.25, 0.3) is 0 Å². The topological polar surface area (TPSA) is 61.7 Å². The minimum absolute atomic E-state index is 0.548. The zero-order valence-corrected chi connectivity index (χ0v) is 37.2. The first kappa shape index (κ1) is 38.8. The van der Waals surface area contributed by atoms with Crippen LogP contribution in [0.1, 0.15) is 0 Å². The van der Waals surface area contributed by atoms with Gasteiger partial charge in [-0.15, -0.1) is 0 Å². The number of fused-ring (bicyclic) bond motifs is 9. The molecule has 0 unspecified atom stereocenters. The fraction of sp³-hybridized carbons (Fsp3) is 0. The Balaban J connectivity index is 1.02. The van der Waals surface area contributed by atoms with E-state index in [2.05, 4.69) is 215 Å². The quantitative estimate of drug-likeness (QED) is 0.160. The highest BCUT2D eigenvalue weighted by atomic mass is 16.3. The van der Waals surface area contributed by atoms with Gasteiger partial charge in [0.05, 0.1) is 22.1 Å². The van der Waals surface area contributed by atoms with Gasteiger partial charge in [-0.2, -0.15) is 9.97 Å². The van der Waals surface area contributed by atoms with Crippen LogP contribution in [0, 0.1) is 0 Å². The lowest BCUT2D eigenvalue weighted by molar-refractivity contribution is 0.670. The van der Waals surface area contributed by atoms with Crippen molar-refractivity contribution in [3.05, 3.63) is 237 Å². The van der Waals surface area contributed by atoms with Gasteiger partial charge in [-0.25, -0.2) is 4.98 Å². The molecular weight excluding hydrogens is 843 g/mol. The summed E-state index contributed by atoms with van der Waals surface area (Å²) < 4.78 is 11.4. The molecule has 0 N–H and O–H groups in total. The second-order valence-electron chi connectivity index (χ2n) is 17.6. The third-order valence-corrected chi connectivity index (χ3v) is 13.6. The Morgan fingerprint density at radius 3 is 1.35 bits per heavy atom. The van der Waals surface area contributed by atoms with Crippen molar-refractivity contribution in [2.45, 2.75) is 0 Å². The number of hydrogen-bond acceptors (Lipinski definition) is 4. The molecule has 0 aliphatic carbocycles. The number of para-hydroxylation sites is 3. The van der Waals surface area contributed by atoms with Crippen LogP contribution in [0.2, 0.25) is 0 Å². The molecule has 0 fully saturated rings. The molecule has 0 aliphatic heterocycles. The van der Waals surface area contributed by atoms with Crippen LogP contribution < -0.4 is 0 Å². The van der Waals surface area contributed by atoms with E-state index in [4.69, 9.17) is 19.4 Å². The van der Waals surface area contributed by atoms with Crippen LogP contribution in [0.4, 0.5) is 0 Å². The summed E-state index contributed by atoms with van der Waals surface area (Å²) in [6.45, 7) is 0. The van der Waals surface area contributed by atoms with Crippen LogP contribution in [0.3, 0.4) is 0 Å². The van der Waals surface area contributed by atoms with E-state index < -0.39 is 0 Å². The minimum Gasteiger partial charge on any atom is -0.455 e. The summed E-state index contributed by atoms with van der Waals surface area (Å²) in [7, 11) is 0. The molecule has 14 aromatic rings. The van der Waals surface area contributed by atoms with Gasteiger partial charge in [0.2, 0.25) is 5.95 Å².